The number of rotatable bonds is 4. The minimum Gasteiger partial charge on any atom is -0.484 e. The highest BCUT2D eigenvalue weighted by molar-refractivity contribution is 7.80. The molecule has 0 atom stereocenters. The van der Waals surface area contributed by atoms with Crippen LogP contribution in [0.2, 0.25) is 0 Å². The zero-order chi connectivity index (χ0) is 10.6. The van der Waals surface area contributed by atoms with Gasteiger partial charge in [-0.15, -0.1) is 0 Å². The number of ketones is 1. The van der Waals surface area contributed by atoms with Crippen LogP contribution >= 0.6 is 12.2 Å². The van der Waals surface area contributed by atoms with Gasteiger partial charge in [-0.05, 0) is 38.2 Å². The zero-order valence-electron chi connectivity index (χ0n) is 8.15. The molecule has 0 saturated heterocycles. The monoisotopic (exact) mass is 212 g/mol. The predicted octanol–water partition coefficient (Wildman–Crippen LogP) is 2.60. The fourth-order valence-corrected chi connectivity index (χ4v) is 1.28. The van der Waals surface area contributed by atoms with Gasteiger partial charge in [-0.3, -0.25) is 4.79 Å². The molecule has 0 fully saturated rings. The molecule has 0 spiro atoms. The van der Waals surface area contributed by atoms with Crippen molar-refractivity contribution >= 4 is 23.1 Å². The Morgan fingerprint density at radius 3 is 2.86 bits per heavy atom. The van der Waals surface area contributed by atoms with Gasteiger partial charge >= 0.3 is 0 Å². The Kier molecular flexibility index (Phi) is 3.83. The summed E-state index contributed by atoms with van der Waals surface area (Å²) in [5.74, 6) is 0.167. The second-order valence-corrected chi connectivity index (χ2v) is 3.57. The highest BCUT2D eigenvalue weighted by atomic mass is 32.1. The predicted molar refractivity (Wildman–Crippen MR) is 56.5 cm³/mol. The number of Topliss-reactive ketones (excluding diaryl/α,β-unsaturated/α-hetero) is 1. The van der Waals surface area contributed by atoms with Crippen LogP contribution in [0.4, 0.5) is 0 Å². The number of hydrogen-bond acceptors (Lipinski definition) is 4. The summed E-state index contributed by atoms with van der Waals surface area (Å²) >= 11 is 4.90. The Hall–Kier alpha value is -1.16. The van der Waals surface area contributed by atoms with Crippen LogP contribution in [-0.2, 0) is 4.74 Å². The van der Waals surface area contributed by atoms with Crippen molar-refractivity contribution in [2.75, 3.05) is 0 Å². The highest BCUT2D eigenvalue weighted by Gasteiger charge is 2.12. The Bertz CT molecular complexity index is 314. The van der Waals surface area contributed by atoms with E-state index in [0.717, 1.165) is 0 Å². The molecule has 1 aromatic rings. The third-order valence-electron chi connectivity index (χ3n) is 1.47. The summed E-state index contributed by atoms with van der Waals surface area (Å²) in [6.07, 6.45) is 1.56. The molecule has 1 heterocycles. The lowest BCUT2D eigenvalue weighted by atomic mass is 10.2. The minimum absolute atomic E-state index is 0.00639. The largest absolute Gasteiger partial charge is 0.484 e. The van der Waals surface area contributed by atoms with E-state index in [1.54, 1.807) is 12.1 Å². The third kappa shape index (κ3) is 3.30. The molecular formula is C10H12O3S. The second-order valence-electron chi connectivity index (χ2n) is 3.12. The molecule has 0 aliphatic rings. The minimum atomic E-state index is -0.152. The van der Waals surface area contributed by atoms with Crippen molar-refractivity contribution in [1.29, 1.82) is 0 Å². The van der Waals surface area contributed by atoms with Gasteiger partial charge in [-0.25, -0.2) is 0 Å². The van der Waals surface area contributed by atoms with E-state index in [2.05, 4.69) is 0 Å². The zero-order valence-corrected chi connectivity index (χ0v) is 8.97. The van der Waals surface area contributed by atoms with Gasteiger partial charge in [0.1, 0.15) is 0 Å². The van der Waals surface area contributed by atoms with E-state index in [9.17, 15) is 4.79 Å². The summed E-state index contributed by atoms with van der Waals surface area (Å²) in [4.78, 5) is 11.4. The van der Waals surface area contributed by atoms with E-state index >= 15 is 0 Å². The van der Waals surface area contributed by atoms with Crippen molar-refractivity contribution in [2.45, 2.75) is 26.4 Å². The first-order valence-electron chi connectivity index (χ1n) is 4.36. The maximum atomic E-state index is 11.4. The van der Waals surface area contributed by atoms with Crippen LogP contribution in [0.15, 0.2) is 22.8 Å². The molecule has 0 aliphatic heterocycles. The number of carbonyl (C=O) groups is 1. The molecule has 0 aliphatic carbocycles. The Morgan fingerprint density at radius 2 is 2.36 bits per heavy atom. The molecule has 1 aromatic heterocycles. The van der Waals surface area contributed by atoms with Gasteiger partial charge in [0.2, 0.25) is 5.78 Å². The van der Waals surface area contributed by atoms with Gasteiger partial charge in [-0.2, -0.15) is 0 Å². The van der Waals surface area contributed by atoms with Crippen LogP contribution in [0.3, 0.4) is 0 Å². The van der Waals surface area contributed by atoms with Gasteiger partial charge in [0, 0.05) is 0 Å². The third-order valence-corrected chi connectivity index (χ3v) is 1.71. The first-order valence-corrected chi connectivity index (χ1v) is 4.76. The van der Waals surface area contributed by atoms with Crippen LogP contribution in [0, 0.1) is 0 Å². The molecule has 76 valence electrons. The molecule has 1 rings (SSSR count). The molecule has 0 N–H and O–H groups in total. The summed E-state index contributed by atoms with van der Waals surface area (Å²) in [6.45, 7) is 3.73. The number of hydrogen-bond donors (Lipinski definition) is 0. The Balaban J connectivity index is 2.46. The highest BCUT2D eigenvalue weighted by Crippen LogP contribution is 2.06. The van der Waals surface area contributed by atoms with E-state index < -0.39 is 0 Å². The van der Waals surface area contributed by atoms with Crippen molar-refractivity contribution in [3.8, 4) is 0 Å². The maximum Gasteiger partial charge on any atom is 0.206 e. The molecule has 14 heavy (non-hydrogen) atoms. The lowest BCUT2D eigenvalue weighted by molar-refractivity contribution is 0.0964. The van der Waals surface area contributed by atoms with Gasteiger partial charge in [0.05, 0.1) is 18.8 Å². The first kappa shape index (κ1) is 10.9. The SMILES string of the molecule is CC(C)OC(=S)CC(=O)c1ccco1. The average molecular weight is 212 g/mol. The van der Waals surface area contributed by atoms with Crippen LogP contribution in [0.1, 0.15) is 30.8 Å². The van der Waals surface area contributed by atoms with Gasteiger partial charge < -0.3 is 9.15 Å². The topological polar surface area (TPSA) is 39.4 Å². The molecular weight excluding hydrogens is 200 g/mol. The van der Waals surface area contributed by atoms with Gasteiger partial charge in [0.25, 0.3) is 0 Å². The lowest BCUT2D eigenvalue weighted by Gasteiger charge is -2.08. The van der Waals surface area contributed by atoms with E-state index in [1.165, 1.54) is 6.26 Å². The summed E-state index contributed by atoms with van der Waals surface area (Å²) in [7, 11) is 0. The van der Waals surface area contributed by atoms with Crippen LogP contribution in [0.5, 0.6) is 0 Å². The van der Waals surface area contributed by atoms with E-state index in [0.29, 0.717) is 10.8 Å². The second kappa shape index (κ2) is 4.91. The lowest BCUT2D eigenvalue weighted by Crippen LogP contribution is -2.13. The molecule has 3 nitrogen and oxygen atoms in total. The standard InChI is InChI=1S/C10H12O3S/c1-7(2)13-10(14)6-8(11)9-4-3-5-12-9/h3-5,7H,6H2,1-2H3. The van der Waals surface area contributed by atoms with Crippen LogP contribution < -0.4 is 0 Å². The van der Waals surface area contributed by atoms with Gasteiger partial charge in [-0.1, -0.05) is 0 Å². The Labute approximate surface area is 88.0 Å². The van der Waals surface area contributed by atoms with Crippen molar-refractivity contribution < 1.29 is 13.9 Å². The van der Waals surface area contributed by atoms with Crippen molar-refractivity contribution in [3.05, 3.63) is 24.2 Å². The van der Waals surface area contributed by atoms with Crippen molar-refractivity contribution in [3.63, 3.8) is 0 Å². The molecule has 0 bridgehead atoms. The van der Waals surface area contributed by atoms with Crippen LogP contribution in [0.25, 0.3) is 0 Å². The summed E-state index contributed by atoms with van der Waals surface area (Å²) in [6, 6.07) is 3.28. The molecule has 0 aromatic carbocycles. The van der Waals surface area contributed by atoms with Crippen molar-refractivity contribution in [2.24, 2.45) is 0 Å². The summed E-state index contributed by atoms with van der Waals surface area (Å²) in [5, 5.41) is 0.307. The van der Waals surface area contributed by atoms with Gasteiger partial charge in [0.15, 0.2) is 10.8 Å². The molecule has 0 radical (unpaired) electrons. The fourth-order valence-electron chi connectivity index (χ4n) is 0.960. The smallest absolute Gasteiger partial charge is 0.206 e. The van der Waals surface area contributed by atoms with E-state index in [4.69, 9.17) is 21.4 Å². The molecule has 0 saturated carbocycles. The number of ether oxygens (including phenoxy) is 1. The molecule has 4 heteroatoms. The quantitative estimate of drug-likeness (QED) is 0.568. The van der Waals surface area contributed by atoms with Crippen molar-refractivity contribution in [1.82, 2.24) is 0 Å². The number of carbonyl (C=O) groups excluding carboxylic acids is 1. The van der Waals surface area contributed by atoms with E-state index in [1.807, 2.05) is 13.8 Å². The summed E-state index contributed by atoms with van der Waals surface area (Å²) < 4.78 is 10.1. The first-order chi connectivity index (χ1) is 6.59. The summed E-state index contributed by atoms with van der Waals surface area (Å²) in [5.41, 5.74) is 0. The molecule has 0 amide bonds. The Morgan fingerprint density at radius 1 is 1.64 bits per heavy atom. The number of furan rings is 1. The molecule has 0 unspecified atom stereocenters. The number of thiocarbonyl (C=S) groups is 1. The normalized spacial score (nSPS) is 10.2. The van der Waals surface area contributed by atoms with E-state index in [-0.39, 0.29) is 18.3 Å². The maximum absolute atomic E-state index is 11.4. The van der Waals surface area contributed by atoms with Crippen LogP contribution in [-0.4, -0.2) is 16.9 Å². The fraction of sp³-hybridized carbons (Fsp3) is 0.400. The average Bonchev–Trinajstić information content (AvgIpc) is 2.53.